The minimum atomic E-state index is -0.676. The van der Waals surface area contributed by atoms with Crippen LogP contribution in [0.3, 0.4) is 0 Å². The molecular formula is C24H28N6O. The van der Waals surface area contributed by atoms with Gasteiger partial charge in [0.05, 0.1) is 6.54 Å². The average molecular weight is 417 g/mol. The zero-order chi connectivity index (χ0) is 21.8. The molecule has 7 nitrogen and oxygen atoms in total. The zero-order valence-corrected chi connectivity index (χ0v) is 18.3. The Morgan fingerprint density at radius 3 is 2.42 bits per heavy atom. The number of amides is 1. The summed E-state index contributed by atoms with van der Waals surface area (Å²) in [6.07, 6.45) is 4.20. The first-order chi connectivity index (χ1) is 15.0. The Morgan fingerprint density at radius 1 is 1.00 bits per heavy atom. The molecule has 0 aliphatic carbocycles. The molecule has 7 heteroatoms. The van der Waals surface area contributed by atoms with E-state index in [9.17, 15) is 4.79 Å². The van der Waals surface area contributed by atoms with E-state index in [1.54, 1.807) is 0 Å². The molecule has 0 fully saturated rings. The number of H-pyrrole nitrogens is 1. The van der Waals surface area contributed by atoms with Gasteiger partial charge >= 0.3 is 0 Å². The molecule has 1 aliphatic rings. The van der Waals surface area contributed by atoms with Crippen molar-refractivity contribution in [3.8, 4) is 22.5 Å². The number of rotatable bonds is 8. The number of unbranched alkanes of at least 4 members (excludes halogenated alkanes) is 2. The van der Waals surface area contributed by atoms with Gasteiger partial charge in [0.15, 0.2) is 0 Å². The Hall–Kier alpha value is -3.35. The number of nitrogens with one attached hydrogen (secondary N) is 1. The molecule has 0 saturated carbocycles. The molecule has 0 saturated heterocycles. The maximum Gasteiger partial charge on any atom is 0.255 e. The van der Waals surface area contributed by atoms with Crippen molar-refractivity contribution in [3.05, 3.63) is 54.1 Å². The molecule has 1 N–H and O–H groups in total. The van der Waals surface area contributed by atoms with Gasteiger partial charge in [-0.1, -0.05) is 68.3 Å². The van der Waals surface area contributed by atoms with Gasteiger partial charge < -0.3 is 0 Å². The summed E-state index contributed by atoms with van der Waals surface area (Å²) in [5.41, 5.74) is 3.43. The first kappa shape index (κ1) is 20.9. The molecule has 4 rings (SSSR count). The Kier molecular flexibility index (Phi) is 5.93. The molecule has 0 radical (unpaired) electrons. The molecule has 0 atom stereocenters. The van der Waals surface area contributed by atoms with Crippen molar-refractivity contribution in [2.75, 3.05) is 0 Å². The van der Waals surface area contributed by atoms with Crippen LogP contribution in [0.5, 0.6) is 0 Å². The normalized spacial score (nSPS) is 15.4. The largest absolute Gasteiger partial charge is 0.294 e. The van der Waals surface area contributed by atoms with E-state index in [0.717, 1.165) is 53.8 Å². The molecule has 0 unspecified atom stereocenters. The monoisotopic (exact) mass is 416 g/mol. The third-order valence-electron chi connectivity index (χ3n) is 5.61. The second kappa shape index (κ2) is 8.79. The number of aromatic nitrogens is 4. The summed E-state index contributed by atoms with van der Waals surface area (Å²) in [5, 5.41) is 14.4. The summed E-state index contributed by atoms with van der Waals surface area (Å²) < 4.78 is 0. The van der Waals surface area contributed by atoms with Gasteiger partial charge in [0, 0.05) is 12.0 Å². The number of benzene rings is 2. The zero-order valence-electron chi connectivity index (χ0n) is 18.3. The fraction of sp³-hybridized carbons (Fsp3) is 0.375. The Labute approximate surface area is 182 Å². The van der Waals surface area contributed by atoms with Crippen LogP contribution in [-0.4, -0.2) is 42.8 Å². The van der Waals surface area contributed by atoms with Crippen LogP contribution in [0.2, 0.25) is 0 Å². The molecule has 31 heavy (non-hydrogen) atoms. The van der Waals surface area contributed by atoms with Gasteiger partial charge in [0.1, 0.15) is 11.4 Å². The fourth-order valence-corrected chi connectivity index (χ4v) is 3.94. The molecule has 1 aliphatic heterocycles. The van der Waals surface area contributed by atoms with Crippen molar-refractivity contribution in [1.29, 1.82) is 0 Å². The lowest BCUT2D eigenvalue weighted by atomic mass is 9.98. The number of tetrazole rings is 1. The fourth-order valence-electron chi connectivity index (χ4n) is 3.94. The predicted octanol–water partition coefficient (Wildman–Crippen LogP) is 4.63. The van der Waals surface area contributed by atoms with Crippen molar-refractivity contribution in [3.63, 3.8) is 0 Å². The second-order valence-electron chi connectivity index (χ2n) is 8.41. The van der Waals surface area contributed by atoms with Gasteiger partial charge in [-0.2, -0.15) is 5.21 Å². The van der Waals surface area contributed by atoms with Gasteiger partial charge in [0.25, 0.3) is 5.91 Å². The summed E-state index contributed by atoms with van der Waals surface area (Å²) in [4.78, 5) is 19.5. The summed E-state index contributed by atoms with van der Waals surface area (Å²) in [6.45, 7) is 6.52. The molecule has 1 amide bonds. The van der Waals surface area contributed by atoms with E-state index in [4.69, 9.17) is 4.99 Å². The van der Waals surface area contributed by atoms with Gasteiger partial charge in [-0.15, -0.1) is 10.2 Å². The van der Waals surface area contributed by atoms with Gasteiger partial charge in [-0.25, -0.2) is 0 Å². The number of carbonyl (C=O) groups is 1. The number of carbonyl (C=O) groups excluding carboxylic acids is 1. The van der Waals surface area contributed by atoms with Crippen LogP contribution in [0.25, 0.3) is 22.5 Å². The molecule has 160 valence electrons. The SMILES string of the molecule is CCCCCC1=NC(C)(C)C(=O)N1Cc1ccc(-c2ccccc2-c2nn[nH]n2)cc1. The highest BCUT2D eigenvalue weighted by atomic mass is 16.2. The van der Waals surface area contributed by atoms with E-state index < -0.39 is 5.54 Å². The van der Waals surface area contributed by atoms with Crippen molar-refractivity contribution in [2.45, 2.75) is 58.5 Å². The third-order valence-corrected chi connectivity index (χ3v) is 5.61. The minimum absolute atomic E-state index is 0.0746. The Balaban J connectivity index is 1.54. The number of amidine groups is 1. The van der Waals surface area contributed by atoms with Gasteiger partial charge in [0.2, 0.25) is 5.82 Å². The highest BCUT2D eigenvalue weighted by Gasteiger charge is 2.40. The third kappa shape index (κ3) is 4.40. The lowest BCUT2D eigenvalue weighted by molar-refractivity contribution is -0.130. The molecule has 0 bridgehead atoms. The molecule has 2 heterocycles. The molecule has 0 spiro atoms. The Morgan fingerprint density at radius 2 is 1.74 bits per heavy atom. The highest BCUT2D eigenvalue weighted by Crippen LogP contribution is 2.31. The van der Waals surface area contributed by atoms with E-state index in [2.05, 4.69) is 51.8 Å². The van der Waals surface area contributed by atoms with Crippen LogP contribution in [0.1, 0.15) is 52.0 Å². The predicted molar refractivity (Wildman–Crippen MR) is 121 cm³/mol. The number of nitrogens with zero attached hydrogens (tertiary/aromatic N) is 5. The number of aliphatic imine (C=N–C) groups is 1. The van der Waals surface area contributed by atoms with E-state index in [-0.39, 0.29) is 5.91 Å². The van der Waals surface area contributed by atoms with E-state index in [1.807, 2.05) is 43.0 Å². The number of hydrogen-bond donors (Lipinski definition) is 1. The van der Waals surface area contributed by atoms with E-state index in [1.165, 1.54) is 0 Å². The van der Waals surface area contributed by atoms with Crippen molar-refractivity contribution in [1.82, 2.24) is 25.5 Å². The average Bonchev–Trinajstić information content (AvgIpc) is 3.38. The smallest absolute Gasteiger partial charge is 0.255 e. The van der Waals surface area contributed by atoms with Crippen molar-refractivity contribution in [2.24, 2.45) is 4.99 Å². The van der Waals surface area contributed by atoms with Crippen LogP contribution in [-0.2, 0) is 11.3 Å². The standard InChI is InChI=1S/C24H28N6O/c1-4-5-6-11-21-25-24(2,3)23(31)30(21)16-17-12-14-18(15-13-17)19-9-7-8-10-20(19)22-26-28-29-27-22/h7-10,12-15H,4-6,11,16H2,1-3H3,(H,26,27,28,29). The maximum absolute atomic E-state index is 12.9. The molecule has 1 aromatic heterocycles. The molecule has 3 aromatic rings. The summed E-state index contributed by atoms with van der Waals surface area (Å²) in [5.74, 6) is 1.55. The van der Waals surface area contributed by atoms with Gasteiger partial charge in [-0.3, -0.25) is 14.7 Å². The second-order valence-corrected chi connectivity index (χ2v) is 8.41. The van der Waals surface area contributed by atoms with Crippen LogP contribution < -0.4 is 0 Å². The highest BCUT2D eigenvalue weighted by molar-refractivity contribution is 6.07. The van der Waals surface area contributed by atoms with Crippen LogP contribution in [0, 0.1) is 0 Å². The maximum atomic E-state index is 12.9. The van der Waals surface area contributed by atoms with Crippen molar-refractivity contribution >= 4 is 11.7 Å². The lowest BCUT2D eigenvalue weighted by Gasteiger charge is -2.21. The first-order valence-electron chi connectivity index (χ1n) is 10.8. The quantitative estimate of drug-likeness (QED) is 0.542. The lowest BCUT2D eigenvalue weighted by Crippen LogP contribution is -2.38. The summed E-state index contributed by atoms with van der Waals surface area (Å²) in [6, 6.07) is 16.3. The van der Waals surface area contributed by atoms with Crippen molar-refractivity contribution < 1.29 is 4.79 Å². The van der Waals surface area contributed by atoms with Crippen LogP contribution in [0.4, 0.5) is 0 Å². The number of hydrogen-bond acceptors (Lipinski definition) is 5. The minimum Gasteiger partial charge on any atom is -0.294 e. The summed E-state index contributed by atoms with van der Waals surface area (Å²) >= 11 is 0. The number of aromatic amines is 1. The van der Waals surface area contributed by atoms with E-state index in [0.29, 0.717) is 12.4 Å². The molecular weight excluding hydrogens is 388 g/mol. The Bertz CT molecular complexity index is 1070. The van der Waals surface area contributed by atoms with Gasteiger partial charge in [-0.05, 0) is 42.2 Å². The van der Waals surface area contributed by atoms with Crippen LogP contribution in [0.15, 0.2) is 53.5 Å². The summed E-state index contributed by atoms with van der Waals surface area (Å²) in [7, 11) is 0. The molecule has 2 aromatic carbocycles. The van der Waals surface area contributed by atoms with E-state index >= 15 is 0 Å². The first-order valence-corrected chi connectivity index (χ1v) is 10.8. The van der Waals surface area contributed by atoms with Crippen LogP contribution >= 0.6 is 0 Å². The topological polar surface area (TPSA) is 87.1 Å².